The number of nitrogens with zero attached hydrogens (tertiary/aromatic N) is 1. The normalized spacial score (nSPS) is 11.6. The maximum absolute atomic E-state index is 2.50. The van der Waals surface area contributed by atoms with Crippen molar-refractivity contribution in [3.8, 4) is 0 Å². The number of aromatic nitrogens is 1. The van der Waals surface area contributed by atoms with Crippen molar-refractivity contribution in [3.63, 3.8) is 0 Å². The van der Waals surface area contributed by atoms with Crippen molar-refractivity contribution < 1.29 is 4.57 Å². The van der Waals surface area contributed by atoms with Gasteiger partial charge in [-0.15, -0.1) is 0 Å². The summed E-state index contributed by atoms with van der Waals surface area (Å²) >= 11 is 0. The molecule has 1 aromatic rings. The van der Waals surface area contributed by atoms with Gasteiger partial charge in [0.1, 0.15) is 6.54 Å². The molecule has 0 bridgehead atoms. The summed E-state index contributed by atoms with van der Waals surface area (Å²) in [6, 6.07) is 2.46. The van der Waals surface area contributed by atoms with Gasteiger partial charge in [0.05, 0.1) is 0 Å². The first-order chi connectivity index (χ1) is 23.3. The highest BCUT2D eigenvalue weighted by molar-refractivity contribution is 5.21. The molecule has 1 nitrogen and oxygen atoms in total. The fourth-order valence-corrected chi connectivity index (χ4v) is 7.57. The second-order valence-electron chi connectivity index (χ2n) is 15.5. The SMILES string of the molecule is CCCCCCCCCCCCCCCCCCCc1cc[n+](CCC)cc1CCCCCCCCCCCCCCCCCCC. The number of hydrogen-bond donors (Lipinski definition) is 0. The van der Waals surface area contributed by atoms with Gasteiger partial charge in [-0.3, -0.25) is 0 Å². The van der Waals surface area contributed by atoms with Crippen molar-refractivity contribution >= 4 is 0 Å². The summed E-state index contributed by atoms with van der Waals surface area (Å²) in [6.45, 7) is 8.08. The molecular formula is C46H88N+. The Bertz CT molecular complexity index is 739. The average Bonchev–Trinajstić information content (AvgIpc) is 3.08. The Labute approximate surface area is 298 Å². The topological polar surface area (TPSA) is 3.88 Å². The minimum absolute atomic E-state index is 1.16. The highest BCUT2D eigenvalue weighted by Gasteiger charge is 2.09. The Balaban J connectivity index is 2.03. The van der Waals surface area contributed by atoms with Crippen molar-refractivity contribution in [1.82, 2.24) is 0 Å². The van der Waals surface area contributed by atoms with Crippen LogP contribution in [0.15, 0.2) is 18.5 Å². The van der Waals surface area contributed by atoms with E-state index in [2.05, 4.69) is 43.8 Å². The van der Waals surface area contributed by atoms with Gasteiger partial charge in [-0.1, -0.05) is 226 Å². The van der Waals surface area contributed by atoms with E-state index in [1.165, 1.54) is 238 Å². The molecule has 0 spiro atoms. The smallest absolute Gasteiger partial charge is 0.172 e. The molecular weight excluding hydrogens is 567 g/mol. The Morgan fingerprint density at radius 3 is 0.894 bits per heavy atom. The largest absolute Gasteiger partial charge is 0.205 e. The van der Waals surface area contributed by atoms with Crippen LogP contribution in [0.25, 0.3) is 0 Å². The minimum Gasteiger partial charge on any atom is -0.205 e. The number of aryl methyl sites for hydroxylation is 3. The summed E-state index contributed by atoms with van der Waals surface area (Å²) in [7, 11) is 0. The van der Waals surface area contributed by atoms with Crippen LogP contribution in [-0.2, 0) is 19.4 Å². The van der Waals surface area contributed by atoms with Crippen molar-refractivity contribution in [2.45, 2.75) is 265 Å². The van der Waals surface area contributed by atoms with Gasteiger partial charge in [-0.25, -0.2) is 4.57 Å². The van der Waals surface area contributed by atoms with Crippen LogP contribution < -0.4 is 4.57 Å². The van der Waals surface area contributed by atoms with Crippen LogP contribution >= 0.6 is 0 Å². The molecule has 0 aromatic carbocycles. The lowest BCUT2D eigenvalue weighted by atomic mass is 9.97. The van der Waals surface area contributed by atoms with Gasteiger partial charge in [0.2, 0.25) is 0 Å². The first-order valence-corrected chi connectivity index (χ1v) is 22.3. The molecule has 1 heterocycles. The van der Waals surface area contributed by atoms with Crippen molar-refractivity contribution in [1.29, 1.82) is 0 Å². The molecule has 0 aliphatic rings. The molecule has 0 amide bonds. The van der Waals surface area contributed by atoms with Gasteiger partial charge in [0.25, 0.3) is 0 Å². The third-order valence-corrected chi connectivity index (χ3v) is 10.8. The number of pyridine rings is 1. The number of rotatable bonds is 38. The van der Waals surface area contributed by atoms with Gasteiger partial charge in [-0.05, 0) is 31.2 Å². The summed E-state index contributed by atoms with van der Waals surface area (Å²) in [5.74, 6) is 0. The molecule has 0 atom stereocenters. The van der Waals surface area contributed by atoms with Crippen LogP contribution in [0.2, 0.25) is 0 Å². The fraction of sp³-hybridized carbons (Fsp3) is 0.891. The van der Waals surface area contributed by atoms with Crippen molar-refractivity contribution in [2.75, 3.05) is 0 Å². The average molecular weight is 655 g/mol. The third-order valence-electron chi connectivity index (χ3n) is 10.8. The first kappa shape index (κ1) is 44.2. The predicted octanol–water partition coefficient (Wildman–Crippen LogP) is 15.8. The summed E-state index contributed by atoms with van der Waals surface area (Å²) in [4.78, 5) is 0. The highest BCUT2D eigenvalue weighted by atomic mass is 14.9. The zero-order valence-corrected chi connectivity index (χ0v) is 33.0. The molecule has 0 aliphatic carbocycles. The van der Waals surface area contributed by atoms with E-state index in [1.807, 2.05) is 0 Å². The molecule has 0 fully saturated rings. The van der Waals surface area contributed by atoms with Gasteiger partial charge in [-0.2, -0.15) is 0 Å². The lowest BCUT2D eigenvalue weighted by molar-refractivity contribution is -0.697. The molecule has 0 radical (unpaired) electrons. The van der Waals surface area contributed by atoms with E-state index in [0.29, 0.717) is 0 Å². The zero-order valence-electron chi connectivity index (χ0n) is 33.0. The van der Waals surface area contributed by atoms with Crippen molar-refractivity contribution in [2.24, 2.45) is 0 Å². The first-order valence-electron chi connectivity index (χ1n) is 22.3. The maximum atomic E-state index is 2.50. The van der Waals surface area contributed by atoms with E-state index in [-0.39, 0.29) is 0 Å². The van der Waals surface area contributed by atoms with E-state index in [0.717, 1.165) is 6.54 Å². The van der Waals surface area contributed by atoms with Gasteiger partial charge in [0.15, 0.2) is 12.4 Å². The second kappa shape index (κ2) is 36.4. The zero-order chi connectivity index (χ0) is 33.7. The Hall–Kier alpha value is -0.850. The van der Waals surface area contributed by atoms with Crippen LogP contribution in [0.3, 0.4) is 0 Å². The molecule has 1 rings (SSSR count). The predicted molar refractivity (Wildman–Crippen MR) is 213 cm³/mol. The van der Waals surface area contributed by atoms with Crippen LogP contribution in [-0.4, -0.2) is 0 Å². The maximum Gasteiger partial charge on any atom is 0.172 e. The molecule has 0 unspecified atom stereocenters. The lowest BCUT2D eigenvalue weighted by Crippen LogP contribution is -2.33. The van der Waals surface area contributed by atoms with E-state index in [9.17, 15) is 0 Å². The molecule has 0 N–H and O–H groups in total. The molecule has 1 aromatic heterocycles. The third kappa shape index (κ3) is 29.8. The second-order valence-corrected chi connectivity index (χ2v) is 15.5. The quantitative estimate of drug-likeness (QED) is 0.0493. The highest BCUT2D eigenvalue weighted by Crippen LogP contribution is 2.19. The van der Waals surface area contributed by atoms with E-state index < -0.39 is 0 Å². The number of unbranched alkanes of at least 4 members (excludes halogenated alkanes) is 32. The van der Waals surface area contributed by atoms with Gasteiger partial charge in [0, 0.05) is 18.1 Å². The summed E-state index contributed by atoms with van der Waals surface area (Å²) in [5.41, 5.74) is 3.30. The molecule has 0 aliphatic heterocycles. The lowest BCUT2D eigenvalue weighted by Gasteiger charge is -2.09. The van der Waals surface area contributed by atoms with Crippen molar-refractivity contribution in [3.05, 3.63) is 29.6 Å². The van der Waals surface area contributed by atoms with E-state index in [1.54, 1.807) is 11.1 Å². The van der Waals surface area contributed by atoms with Gasteiger partial charge >= 0.3 is 0 Å². The standard InChI is InChI=1S/C46H88N/c1-4-7-9-11-13-15-17-19-21-23-25-27-29-31-33-35-37-39-45-41-43-47(42-6-3)44-46(45)40-38-36-34-32-30-28-26-24-22-20-18-16-14-12-10-8-5-2/h41,43-44H,4-40,42H2,1-3H3/q+1. The molecule has 276 valence electrons. The van der Waals surface area contributed by atoms with Crippen LogP contribution in [0.5, 0.6) is 0 Å². The van der Waals surface area contributed by atoms with Crippen LogP contribution in [0.4, 0.5) is 0 Å². The molecule has 47 heavy (non-hydrogen) atoms. The van der Waals surface area contributed by atoms with E-state index in [4.69, 9.17) is 0 Å². The van der Waals surface area contributed by atoms with Crippen LogP contribution in [0, 0.1) is 0 Å². The summed E-state index contributed by atoms with van der Waals surface area (Å²) in [5, 5.41) is 0. The monoisotopic (exact) mass is 655 g/mol. The van der Waals surface area contributed by atoms with Crippen LogP contribution in [0.1, 0.15) is 257 Å². The Kier molecular flexibility index (Phi) is 34.2. The van der Waals surface area contributed by atoms with Gasteiger partial charge < -0.3 is 0 Å². The summed E-state index contributed by atoms with van der Waals surface area (Å²) < 4.78 is 2.45. The summed E-state index contributed by atoms with van der Waals surface area (Å²) in [6.07, 6.45) is 58.0. The number of hydrogen-bond acceptors (Lipinski definition) is 0. The Morgan fingerprint density at radius 1 is 0.319 bits per heavy atom. The molecule has 0 saturated carbocycles. The molecule has 0 saturated heterocycles. The molecule has 1 heteroatoms. The Morgan fingerprint density at radius 2 is 0.596 bits per heavy atom. The fourth-order valence-electron chi connectivity index (χ4n) is 7.57. The minimum atomic E-state index is 1.16. The van der Waals surface area contributed by atoms with E-state index >= 15 is 0 Å².